The number of likely N-dealkylation sites (N-methyl/N-ethyl adjacent to an activating group) is 1. The topological polar surface area (TPSA) is 29.9 Å². The van der Waals surface area contributed by atoms with Crippen LogP contribution in [0.3, 0.4) is 0 Å². The predicted molar refractivity (Wildman–Crippen MR) is 68.5 cm³/mol. The molecule has 0 aliphatic heterocycles. The molecule has 1 rings (SSSR count). The van der Waals surface area contributed by atoms with Crippen molar-refractivity contribution in [1.29, 1.82) is 0 Å². The number of hydrogen-bond donors (Lipinski definition) is 1. The van der Waals surface area contributed by atoms with Crippen molar-refractivity contribution in [1.82, 2.24) is 14.9 Å². The highest BCUT2D eigenvalue weighted by Crippen LogP contribution is 2.11. The summed E-state index contributed by atoms with van der Waals surface area (Å²) in [6, 6.07) is 0.537. The fourth-order valence-electron chi connectivity index (χ4n) is 2.01. The Labute approximate surface area is 99.3 Å². The van der Waals surface area contributed by atoms with Gasteiger partial charge in [-0.1, -0.05) is 27.2 Å². The second-order valence-corrected chi connectivity index (χ2v) is 4.53. The molecule has 1 heterocycles. The lowest BCUT2D eigenvalue weighted by Crippen LogP contribution is -2.36. The van der Waals surface area contributed by atoms with E-state index in [0.29, 0.717) is 12.0 Å². The number of aryl methyl sites for hydroxylation is 1. The molecule has 1 N–H and O–H groups in total. The molecule has 3 heteroatoms. The van der Waals surface area contributed by atoms with Crippen molar-refractivity contribution < 1.29 is 0 Å². The Morgan fingerprint density at radius 2 is 2.19 bits per heavy atom. The van der Waals surface area contributed by atoms with Gasteiger partial charge in [0.15, 0.2) is 0 Å². The molecule has 0 saturated carbocycles. The molecule has 1 aromatic heterocycles. The molecule has 0 spiro atoms. The summed E-state index contributed by atoms with van der Waals surface area (Å²) in [5.41, 5.74) is 0. The van der Waals surface area contributed by atoms with E-state index >= 15 is 0 Å². The Balaban J connectivity index is 2.66. The zero-order chi connectivity index (χ0) is 12.0. The Hall–Kier alpha value is -0.830. The van der Waals surface area contributed by atoms with Gasteiger partial charge in [-0.05, 0) is 19.4 Å². The molecule has 3 nitrogen and oxygen atoms in total. The minimum Gasteiger partial charge on any atom is -0.333 e. The van der Waals surface area contributed by atoms with Crippen LogP contribution in [0.5, 0.6) is 0 Å². The summed E-state index contributed by atoms with van der Waals surface area (Å²) in [7, 11) is 2.05. The fourth-order valence-corrected chi connectivity index (χ4v) is 2.01. The second-order valence-electron chi connectivity index (χ2n) is 4.53. The highest BCUT2D eigenvalue weighted by atomic mass is 15.1. The van der Waals surface area contributed by atoms with Gasteiger partial charge < -0.3 is 9.88 Å². The van der Waals surface area contributed by atoms with Crippen LogP contribution in [0, 0.1) is 5.92 Å². The first kappa shape index (κ1) is 13.2. The van der Waals surface area contributed by atoms with Crippen LogP contribution in [-0.4, -0.2) is 22.6 Å². The lowest BCUT2D eigenvalue weighted by Gasteiger charge is -2.23. The summed E-state index contributed by atoms with van der Waals surface area (Å²) in [6.07, 6.45) is 7.45. The molecule has 0 aromatic carbocycles. The van der Waals surface area contributed by atoms with Gasteiger partial charge in [0.1, 0.15) is 5.82 Å². The van der Waals surface area contributed by atoms with Gasteiger partial charge in [0, 0.05) is 31.4 Å². The molecule has 2 unspecified atom stereocenters. The zero-order valence-corrected chi connectivity index (χ0v) is 11.0. The highest BCUT2D eigenvalue weighted by Gasteiger charge is 2.15. The smallest absolute Gasteiger partial charge is 0.108 e. The van der Waals surface area contributed by atoms with E-state index in [2.05, 4.69) is 41.8 Å². The third-order valence-electron chi connectivity index (χ3n) is 3.37. The molecule has 0 saturated heterocycles. The van der Waals surface area contributed by atoms with E-state index in [4.69, 9.17) is 0 Å². The minimum absolute atomic E-state index is 0.537. The average Bonchev–Trinajstić information content (AvgIpc) is 2.73. The first-order chi connectivity index (χ1) is 7.72. The van der Waals surface area contributed by atoms with E-state index in [-0.39, 0.29) is 0 Å². The summed E-state index contributed by atoms with van der Waals surface area (Å²) in [5, 5.41) is 3.41. The van der Waals surface area contributed by atoms with Crippen molar-refractivity contribution >= 4 is 0 Å². The summed E-state index contributed by atoms with van der Waals surface area (Å²) in [5.74, 6) is 1.91. The van der Waals surface area contributed by atoms with Crippen molar-refractivity contribution in [3.05, 3.63) is 18.2 Å². The van der Waals surface area contributed by atoms with Gasteiger partial charge in [0.05, 0.1) is 0 Å². The summed E-state index contributed by atoms with van der Waals surface area (Å²) >= 11 is 0. The first-order valence-electron chi connectivity index (χ1n) is 6.40. The summed E-state index contributed by atoms with van der Waals surface area (Å²) in [6.45, 7) is 7.78. The molecule has 0 aliphatic rings. The molecule has 0 radical (unpaired) electrons. The lowest BCUT2D eigenvalue weighted by molar-refractivity contribution is 0.344. The standard InChI is InChI=1S/C13H25N3/c1-5-7-13-15-8-9-16(13)10-12(14-4)11(3)6-2/h8-9,11-12,14H,5-7,10H2,1-4H3. The maximum Gasteiger partial charge on any atom is 0.108 e. The quantitative estimate of drug-likeness (QED) is 0.769. The average molecular weight is 223 g/mol. The normalized spacial score (nSPS) is 15.0. The van der Waals surface area contributed by atoms with E-state index in [1.807, 2.05) is 13.2 Å². The van der Waals surface area contributed by atoms with Crippen LogP contribution in [0.25, 0.3) is 0 Å². The number of nitrogens with zero attached hydrogens (tertiary/aromatic N) is 2. The molecule has 2 atom stereocenters. The van der Waals surface area contributed by atoms with E-state index in [1.165, 1.54) is 12.2 Å². The minimum atomic E-state index is 0.537. The van der Waals surface area contributed by atoms with Crippen molar-refractivity contribution in [2.24, 2.45) is 5.92 Å². The van der Waals surface area contributed by atoms with Crippen molar-refractivity contribution in [2.45, 2.75) is 52.6 Å². The molecule has 0 aliphatic carbocycles. The van der Waals surface area contributed by atoms with E-state index in [1.54, 1.807) is 0 Å². The van der Waals surface area contributed by atoms with Gasteiger partial charge >= 0.3 is 0 Å². The zero-order valence-electron chi connectivity index (χ0n) is 11.0. The summed E-state index contributed by atoms with van der Waals surface area (Å²) < 4.78 is 2.29. The van der Waals surface area contributed by atoms with Gasteiger partial charge in [0.25, 0.3) is 0 Å². The largest absolute Gasteiger partial charge is 0.333 e. The van der Waals surface area contributed by atoms with Crippen molar-refractivity contribution in [2.75, 3.05) is 7.05 Å². The van der Waals surface area contributed by atoms with Crippen LogP contribution in [0.15, 0.2) is 12.4 Å². The van der Waals surface area contributed by atoms with Gasteiger partial charge in [-0.2, -0.15) is 0 Å². The Bertz CT molecular complexity index is 293. The monoisotopic (exact) mass is 223 g/mol. The van der Waals surface area contributed by atoms with Crippen LogP contribution in [0.1, 0.15) is 39.4 Å². The number of nitrogens with one attached hydrogen (secondary N) is 1. The molecule has 92 valence electrons. The number of rotatable bonds is 7. The van der Waals surface area contributed by atoms with Crippen LogP contribution >= 0.6 is 0 Å². The second kappa shape index (κ2) is 6.69. The molecular formula is C13H25N3. The number of aromatic nitrogens is 2. The predicted octanol–water partition coefficient (Wildman–Crippen LogP) is 2.47. The van der Waals surface area contributed by atoms with E-state index in [0.717, 1.165) is 19.4 Å². The molecule has 1 aromatic rings. The SMILES string of the molecule is CCCc1nccn1CC(NC)C(C)CC. The maximum atomic E-state index is 4.41. The van der Waals surface area contributed by atoms with Gasteiger partial charge in [-0.25, -0.2) is 4.98 Å². The Kier molecular flexibility index (Phi) is 5.53. The highest BCUT2D eigenvalue weighted by molar-refractivity contribution is 4.93. The first-order valence-corrected chi connectivity index (χ1v) is 6.40. The molecular weight excluding hydrogens is 198 g/mol. The van der Waals surface area contributed by atoms with Crippen LogP contribution in [0.2, 0.25) is 0 Å². The third kappa shape index (κ3) is 3.34. The van der Waals surface area contributed by atoms with Crippen LogP contribution < -0.4 is 5.32 Å². The fraction of sp³-hybridized carbons (Fsp3) is 0.769. The Morgan fingerprint density at radius 1 is 1.44 bits per heavy atom. The molecule has 0 amide bonds. The molecule has 0 fully saturated rings. The molecule has 16 heavy (non-hydrogen) atoms. The number of hydrogen-bond acceptors (Lipinski definition) is 2. The van der Waals surface area contributed by atoms with Crippen LogP contribution in [0.4, 0.5) is 0 Å². The summed E-state index contributed by atoms with van der Waals surface area (Å²) in [4.78, 5) is 4.41. The van der Waals surface area contributed by atoms with Crippen LogP contribution in [-0.2, 0) is 13.0 Å². The maximum absolute atomic E-state index is 4.41. The van der Waals surface area contributed by atoms with E-state index in [9.17, 15) is 0 Å². The third-order valence-corrected chi connectivity index (χ3v) is 3.37. The number of imidazole rings is 1. The van der Waals surface area contributed by atoms with Crippen molar-refractivity contribution in [3.8, 4) is 0 Å². The van der Waals surface area contributed by atoms with Gasteiger partial charge in [0.2, 0.25) is 0 Å². The van der Waals surface area contributed by atoms with E-state index < -0.39 is 0 Å². The van der Waals surface area contributed by atoms with Crippen molar-refractivity contribution in [3.63, 3.8) is 0 Å². The molecule has 0 bridgehead atoms. The van der Waals surface area contributed by atoms with Gasteiger partial charge in [-0.3, -0.25) is 0 Å². The lowest BCUT2D eigenvalue weighted by atomic mass is 9.99. The Morgan fingerprint density at radius 3 is 2.75 bits per heavy atom. The van der Waals surface area contributed by atoms with Gasteiger partial charge in [-0.15, -0.1) is 0 Å².